The Morgan fingerprint density at radius 2 is 1.12 bits per heavy atom. The van der Waals surface area contributed by atoms with Gasteiger partial charge in [0.05, 0.1) is 21.4 Å². The number of para-hydroxylation sites is 2. The average molecular weight is 374 g/mol. The van der Waals surface area contributed by atoms with Gasteiger partial charge in [0, 0.05) is 23.9 Å². The molecule has 4 rings (SSSR count). The molecule has 4 nitrogen and oxygen atoms in total. The fourth-order valence-corrected chi connectivity index (χ4v) is 5.36. The zero-order valence-electron chi connectivity index (χ0n) is 14.2. The first-order valence-corrected chi connectivity index (χ1v) is 9.59. The number of anilines is 2. The molecule has 0 unspecified atom stereocenters. The van der Waals surface area contributed by atoms with E-state index >= 15 is 0 Å². The van der Waals surface area contributed by atoms with Crippen molar-refractivity contribution in [3.63, 3.8) is 0 Å². The molecule has 0 radical (unpaired) electrons. The first kappa shape index (κ1) is 16.7. The molecule has 0 saturated heterocycles. The van der Waals surface area contributed by atoms with Crippen molar-refractivity contribution in [2.24, 2.45) is 0 Å². The van der Waals surface area contributed by atoms with Gasteiger partial charge in [0.15, 0.2) is 0 Å². The molecule has 0 amide bonds. The fraction of sp³-hybridized carbons (Fsp3) is 0.100. The summed E-state index contributed by atoms with van der Waals surface area (Å²) < 4.78 is 0. The van der Waals surface area contributed by atoms with Gasteiger partial charge < -0.3 is 9.80 Å². The van der Waals surface area contributed by atoms with E-state index in [9.17, 15) is 10.5 Å². The highest BCUT2D eigenvalue weighted by Crippen LogP contribution is 2.50. The molecule has 126 valence electrons. The van der Waals surface area contributed by atoms with E-state index in [4.69, 9.17) is 0 Å². The average Bonchev–Trinajstić information content (AvgIpc) is 3.18. The van der Waals surface area contributed by atoms with Crippen LogP contribution in [0.1, 0.15) is 0 Å². The van der Waals surface area contributed by atoms with Crippen LogP contribution in [0, 0.1) is 22.7 Å². The second-order valence-corrected chi connectivity index (χ2v) is 7.90. The largest absolute Gasteiger partial charge is 0.337 e. The standard InChI is InChI=1S/C20H14N4S2/c1-23-15-7-3-5-9-17(15)25-19(23)13(11-21)14(12-22)20-24(2)16-8-4-6-10-18(16)26-20/h3-10H,1-2H3/b19-13+,20-14+. The topological polar surface area (TPSA) is 54.1 Å². The lowest BCUT2D eigenvalue weighted by atomic mass is 10.1. The van der Waals surface area contributed by atoms with Gasteiger partial charge in [0.1, 0.15) is 23.3 Å². The molecule has 0 spiro atoms. The quantitative estimate of drug-likeness (QED) is 0.659. The second kappa shape index (κ2) is 6.49. The van der Waals surface area contributed by atoms with Gasteiger partial charge in [0.25, 0.3) is 0 Å². The van der Waals surface area contributed by atoms with Gasteiger partial charge in [0.2, 0.25) is 0 Å². The molecule has 2 aliphatic heterocycles. The minimum atomic E-state index is 0.415. The molecule has 0 N–H and O–H groups in total. The molecule has 0 fully saturated rings. The Morgan fingerprint density at radius 3 is 1.46 bits per heavy atom. The summed E-state index contributed by atoms with van der Waals surface area (Å²) in [7, 11) is 3.87. The maximum absolute atomic E-state index is 9.89. The van der Waals surface area contributed by atoms with Crippen LogP contribution in [0.25, 0.3) is 0 Å². The van der Waals surface area contributed by atoms with Crippen LogP contribution in [0.4, 0.5) is 11.4 Å². The molecule has 0 aliphatic carbocycles. The van der Waals surface area contributed by atoms with E-state index in [0.717, 1.165) is 31.2 Å². The monoisotopic (exact) mass is 374 g/mol. The Balaban J connectivity index is 1.86. The molecule has 2 heterocycles. The molecule has 0 saturated carbocycles. The predicted molar refractivity (Wildman–Crippen MR) is 107 cm³/mol. The summed E-state index contributed by atoms with van der Waals surface area (Å²) in [4.78, 5) is 6.17. The molecule has 0 atom stereocenters. The van der Waals surface area contributed by atoms with Crippen LogP contribution in [0.15, 0.2) is 79.5 Å². The van der Waals surface area contributed by atoms with Gasteiger partial charge in [-0.05, 0) is 24.3 Å². The lowest BCUT2D eigenvalue weighted by molar-refractivity contribution is 1.14. The van der Waals surface area contributed by atoms with Crippen LogP contribution < -0.4 is 9.80 Å². The highest BCUT2D eigenvalue weighted by Gasteiger charge is 2.31. The minimum absolute atomic E-state index is 0.415. The zero-order valence-corrected chi connectivity index (χ0v) is 15.9. The van der Waals surface area contributed by atoms with Crippen molar-refractivity contribution in [1.82, 2.24) is 0 Å². The van der Waals surface area contributed by atoms with E-state index in [1.54, 1.807) is 0 Å². The summed E-state index contributed by atoms with van der Waals surface area (Å²) in [6.07, 6.45) is 0. The Bertz CT molecular complexity index is 970. The Labute approximate surface area is 161 Å². The van der Waals surface area contributed by atoms with E-state index in [0.29, 0.717) is 11.1 Å². The number of allylic oxidation sites excluding steroid dienone is 2. The molecule has 26 heavy (non-hydrogen) atoms. The van der Waals surface area contributed by atoms with Crippen LogP contribution in [-0.4, -0.2) is 14.1 Å². The van der Waals surface area contributed by atoms with Gasteiger partial charge in [-0.25, -0.2) is 0 Å². The summed E-state index contributed by atoms with van der Waals surface area (Å²) in [5.41, 5.74) is 2.94. The zero-order chi connectivity index (χ0) is 18.3. The van der Waals surface area contributed by atoms with E-state index < -0.39 is 0 Å². The Hall–Kier alpha value is -2.80. The summed E-state index contributed by atoms with van der Waals surface area (Å²) in [6.45, 7) is 0. The van der Waals surface area contributed by atoms with Crippen molar-refractivity contribution in [1.29, 1.82) is 10.5 Å². The summed E-state index contributed by atoms with van der Waals surface area (Å²) >= 11 is 3.07. The minimum Gasteiger partial charge on any atom is -0.337 e. The normalized spacial score (nSPS) is 18.8. The van der Waals surface area contributed by atoms with Crippen LogP contribution in [0.2, 0.25) is 0 Å². The van der Waals surface area contributed by atoms with Crippen molar-refractivity contribution in [2.45, 2.75) is 9.79 Å². The molecule has 6 heteroatoms. The Morgan fingerprint density at radius 1 is 0.731 bits per heavy atom. The highest BCUT2D eigenvalue weighted by molar-refractivity contribution is 8.04. The van der Waals surface area contributed by atoms with E-state index in [1.807, 2.05) is 72.4 Å². The number of hydrogen-bond donors (Lipinski definition) is 0. The van der Waals surface area contributed by atoms with Crippen molar-refractivity contribution < 1.29 is 0 Å². The number of nitriles is 2. The summed E-state index contributed by atoms with van der Waals surface area (Å²) in [5.74, 6) is 0. The third-order valence-electron chi connectivity index (χ3n) is 4.38. The first-order chi connectivity index (χ1) is 12.7. The highest BCUT2D eigenvalue weighted by atomic mass is 32.2. The number of thioether (sulfide) groups is 2. The van der Waals surface area contributed by atoms with Gasteiger partial charge >= 0.3 is 0 Å². The maximum atomic E-state index is 9.89. The van der Waals surface area contributed by atoms with E-state index in [2.05, 4.69) is 12.1 Å². The van der Waals surface area contributed by atoms with Crippen LogP contribution in [-0.2, 0) is 0 Å². The Kier molecular flexibility index (Phi) is 4.16. The molecule has 2 aliphatic rings. The van der Waals surface area contributed by atoms with E-state index in [1.165, 1.54) is 23.5 Å². The fourth-order valence-electron chi connectivity index (χ4n) is 3.06. The smallest absolute Gasteiger partial charge is 0.103 e. The molecule has 2 aromatic carbocycles. The number of nitrogens with zero attached hydrogens (tertiary/aromatic N) is 4. The number of rotatable bonds is 1. The van der Waals surface area contributed by atoms with Crippen molar-refractivity contribution in [2.75, 3.05) is 23.9 Å². The van der Waals surface area contributed by atoms with Gasteiger partial charge in [-0.1, -0.05) is 47.8 Å². The third-order valence-corrected chi connectivity index (χ3v) is 6.85. The van der Waals surface area contributed by atoms with Crippen LogP contribution in [0.3, 0.4) is 0 Å². The maximum Gasteiger partial charge on any atom is 0.103 e. The SMILES string of the molecule is CN1/C(=C(C#N)\C(C#N)=C2\Sc3ccccc3N2C)Sc2ccccc21. The molecular weight excluding hydrogens is 360 g/mol. The van der Waals surface area contributed by atoms with Crippen LogP contribution >= 0.6 is 23.5 Å². The third kappa shape index (κ3) is 2.47. The molecule has 0 bridgehead atoms. The number of hydrogen-bond acceptors (Lipinski definition) is 6. The second-order valence-electron chi connectivity index (χ2n) is 5.84. The van der Waals surface area contributed by atoms with Crippen molar-refractivity contribution in [3.8, 4) is 12.1 Å². The molecule has 0 aromatic heterocycles. The van der Waals surface area contributed by atoms with Crippen molar-refractivity contribution >= 4 is 34.9 Å². The summed E-state index contributed by atoms with van der Waals surface area (Å²) in [5, 5.41) is 21.4. The summed E-state index contributed by atoms with van der Waals surface area (Å²) in [6, 6.07) is 20.6. The van der Waals surface area contributed by atoms with Crippen LogP contribution in [0.5, 0.6) is 0 Å². The number of benzene rings is 2. The van der Waals surface area contributed by atoms with Crippen molar-refractivity contribution in [3.05, 3.63) is 69.7 Å². The van der Waals surface area contributed by atoms with E-state index in [-0.39, 0.29) is 0 Å². The molecular formula is C20H14N4S2. The lowest BCUT2D eigenvalue weighted by Gasteiger charge is -2.18. The lowest BCUT2D eigenvalue weighted by Crippen LogP contribution is -2.15. The predicted octanol–water partition coefficient (Wildman–Crippen LogP) is 4.94. The molecule has 2 aromatic rings. The van der Waals surface area contributed by atoms with Gasteiger partial charge in [-0.15, -0.1) is 0 Å². The van der Waals surface area contributed by atoms with Gasteiger partial charge in [-0.3, -0.25) is 0 Å². The first-order valence-electron chi connectivity index (χ1n) is 7.96. The van der Waals surface area contributed by atoms with Gasteiger partial charge in [-0.2, -0.15) is 10.5 Å². The number of fused-ring (bicyclic) bond motifs is 2.